The van der Waals surface area contributed by atoms with Gasteiger partial charge in [-0.15, -0.1) is 0 Å². The minimum absolute atomic E-state index is 0.245. The maximum Gasteiger partial charge on any atom is 0.112 e. The quantitative estimate of drug-likeness (QED) is 0.477. The van der Waals surface area contributed by atoms with Crippen LogP contribution in [0, 0.1) is 0 Å². The first-order chi connectivity index (χ1) is 5.72. The van der Waals surface area contributed by atoms with Crippen LogP contribution in [0.15, 0.2) is 0 Å². The van der Waals surface area contributed by atoms with Crippen LogP contribution in [-0.2, 0) is 0 Å². The molecule has 0 aliphatic heterocycles. The van der Waals surface area contributed by atoms with Crippen molar-refractivity contribution in [2.45, 2.75) is 62.5 Å². The van der Waals surface area contributed by atoms with Crippen LogP contribution in [0.4, 0.5) is 4.39 Å². The molecule has 0 aromatic carbocycles. The number of hydrogen-bond acceptors (Lipinski definition) is 0. The highest BCUT2D eigenvalue weighted by Gasteiger charge is 2.15. The van der Waals surface area contributed by atoms with Crippen molar-refractivity contribution < 1.29 is 4.39 Å². The van der Waals surface area contributed by atoms with Crippen LogP contribution in [-0.4, -0.2) is 10.1 Å². The van der Waals surface area contributed by atoms with Crippen molar-refractivity contribution in [2.75, 3.05) is 0 Å². The van der Waals surface area contributed by atoms with Crippen LogP contribution in [0.3, 0.4) is 0 Å². The second-order valence-corrected chi connectivity index (χ2v) is 4.92. The van der Waals surface area contributed by atoms with Crippen molar-refractivity contribution in [1.29, 1.82) is 0 Å². The van der Waals surface area contributed by atoms with Gasteiger partial charge in [-0.05, 0) is 12.8 Å². The van der Waals surface area contributed by atoms with E-state index >= 15 is 0 Å². The molecule has 0 bridgehead atoms. The van der Waals surface area contributed by atoms with Crippen LogP contribution >= 0.6 is 22.6 Å². The summed E-state index contributed by atoms with van der Waals surface area (Å²) < 4.78 is 13.5. The number of hydrogen-bond donors (Lipinski definition) is 0. The summed E-state index contributed by atoms with van der Waals surface area (Å²) in [6.07, 6.45) is 5.72. The highest BCUT2D eigenvalue weighted by atomic mass is 127. The molecule has 2 heteroatoms. The Hall–Kier alpha value is 0.660. The van der Waals surface area contributed by atoms with Crippen molar-refractivity contribution >= 4 is 22.6 Å². The van der Waals surface area contributed by atoms with Crippen molar-refractivity contribution in [2.24, 2.45) is 0 Å². The molecule has 0 aromatic heterocycles. The Morgan fingerprint density at radius 2 is 1.58 bits per heavy atom. The van der Waals surface area contributed by atoms with E-state index in [1.807, 2.05) is 0 Å². The summed E-state index contributed by atoms with van der Waals surface area (Å²) in [6.45, 7) is 4.27. The van der Waals surface area contributed by atoms with E-state index in [1.165, 1.54) is 12.8 Å². The van der Waals surface area contributed by atoms with Gasteiger partial charge >= 0.3 is 0 Å². The monoisotopic (exact) mass is 286 g/mol. The van der Waals surface area contributed by atoms with E-state index in [0.29, 0.717) is 0 Å². The van der Waals surface area contributed by atoms with Crippen molar-refractivity contribution in [3.05, 3.63) is 0 Å². The normalized spacial score (nSPS) is 16.0. The van der Waals surface area contributed by atoms with Crippen LogP contribution in [0.2, 0.25) is 0 Å². The molecule has 0 spiro atoms. The molecule has 12 heavy (non-hydrogen) atoms. The maximum absolute atomic E-state index is 13.3. The molecule has 0 amide bonds. The van der Waals surface area contributed by atoms with Gasteiger partial charge in [-0.3, -0.25) is 0 Å². The standard InChI is InChI=1S/C10H20FI/c1-3-5-7-9(11)10(12)8-6-4-2/h9-10H,3-8H2,1-2H3/t9-,10+/m1/s1. The molecule has 74 valence electrons. The molecule has 0 aliphatic rings. The lowest BCUT2D eigenvalue weighted by Crippen LogP contribution is -2.15. The third-order valence-electron chi connectivity index (χ3n) is 2.06. The first-order valence-corrected chi connectivity index (χ1v) is 6.25. The number of alkyl halides is 2. The lowest BCUT2D eigenvalue weighted by atomic mass is 10.1. The predicted molar refractivity (Wildman–Crippen MR) is 61.8 cm³/mol. The predicted octanol–water partition coefficient (Wildman–Crippen LogP) is 4.51. The van der Waals surface area contributed by atoms with Gasteiger partial charge in [0.25, 0.3) is 0 Å². The van der Waals surface area contributed by atoms with Crippen LogP contribution in [0.25, 0.3) is 0 Å². The summed E-state index contributed by atoms with van der Waals surface area (Å²) in [5.74, 6) is 0. The van der Waals surface area contributed by atoms with E-state index in [9.17, 15) is 4.39 Å². The van der Waals surface area contributed by atoms with E-state index in [-0.39, 0.29) is 3.92 Å². The molecule has 0 aliphatic carbocycles. The lowest BCUT2D eigenvalue weighted by molar-refractivity contribution is 0.297. The summed E-state index contributed by atoms with van der Waals surface area (Å²) in [6, 6.07) is 0. The first kappa shape index (κ1) is 12.7. The van der Waals surface area contributed by atoms with Gasteiger partial charge in [0.05, 0.1) is 0 Å². The molecule has 0 radical (unpaired) electrons. The topological polar surface area (TPSA) is 0 Å². The third-order valence-corrected chi connectivity index (χ3v) is 3.46. The molecule has 0 saturated heterocycles. The molecule has 0 nitrogen and oxygen atoms in total. The Kier molecular flexibility index (Phi) is 8.72. The van der Waals surface area contributed by atoms with E-state index in [0.717, 1.165) is 25.7 Å². The van der Waals surface area contributed by atoms with E-state index in [4.69, 9.17) is 0 Å². The fourth-order valence-corrected chi connectivity index (χ4v) is 1.96. The van der Waals surface area contributed by atoms with Crippen LogP contribution in [0.1, 0.15) is 52.4 Å². The summed E-state index contributed by atoms with van der Waals surface area (Å²) in [5, 5.41) is 0. The zero-order valence-electron chi connectivity index (χ0n) is 8.15. The Labute approximate surface area is 89.5 Å². The molecule has 0 heterocycles. The SMILES string of the molecule is CCCC[C@@H](F)[C@@H](I)CCCC. The van der Waals surface area contributed by atoms with Gasteiger partial charge in [0, 0.05) is 3.92 Å². The van der Waals surface area contributed by atoms with Crippen LogP contribution < -0.4 is 0 Å². The second-order valence-electron chi connectivity index (χ2n) is 3.32. The van der Waals surface area contributed by atoms with Gasteiger partial charge in [-0.1, -0.05) is 62.1 Å². The van der Waals surface area contributed by atoms with Gasteiger partial charge in [-0.2, -0.15) is 0 Å². The summed E-state index contributed by atoms with van der Waals surface area (Å²) in [5.41, 5.74) is 0. The van der Waals surface area contributed by atoms with Crippen molar-refractivity contribution in [1.82, 2.24) is 0 Å². The van der Waals surface area contributed by atoms with Gasteiger partial charge in [0.15, 0.2) is 0 Å². The van der Waals surface area contributed by atoms with Gasteiger partial charge in [-0.25, -0.2) is 4.39 Å². The number of halogens is 2. The number of unbranched alkanes of at least 4 members (excludes halogenated alkanes) is 2. The highest BCUT2D eigenvalue weighted by Crippen LogP contribution is 2.21. The Balaban J connectivity index is 3.39. The molecule has 0 fully saturated rings. The largest absolute Gasteiger partial charge is 0.246 e. The third kappa shape index (κ3) is 6.21. The maximum atomic E-state index is 13.3. The summed E-state index contributed by atoms with van der Waals surface area (Å²) in [7, 11) is 0. The fourth-order valence-electron chi connectivity index (χ4n) is 1.16. The fraction of sp³-hybridized carbons (Fsp3) is 1.00. The molecular weight excluding hydrogens is 266 g/mol. The van der Waals surface area contributed by atoms with Crippen molar-refractivity contribution in [3.8, 4) is 0 Å². The Morgan fingerprint density at radius 1 is 1.08 bits per heavy atom. The van der Waals surface area contributed by atoms with Crippen LogP contribution in [0.5, 0.6) is 0 Å². The summed E-state index contributed by atoms with van der Waals surface area (Å²) in [4.78, 5) is 0. The highest BCUT2D eigenvalue weighted by molar-refractivity contribution is 14.1. The second kappa shape index (κ2) is 8.27. The molecule has 0 unspecified atom stereocenters. The smallest absolute Gasteiger partial charge is 0.112 e. The lowest BCUT2D eigenvalue weighted by Gasteiger charge is -2.13. The average Bonchev–Trinajstić information content (AvgIpc) is 2.10. The molecular formula is C10H20FI. The van der Waals surface area contributed by atoms with Gasteiger partial charge in [0.1, 0.15) is 6.17 Å². The van der Waals surface area contributed by atoms with Crippen molar-refractivity contribution in [3.63, 3.8) is 0 Å². The van der Waals surface area contributed by atoms with E-state index in [1.54, 1.807) is 0 Å². The minimum Gasteiger partial charge on any atom is -0.246 e. The number of rotatable bonds is 7. The zero-order chi connectivity index (χ0) is 9.40. The molecule has 2 atom stereocenters. The van der Waals surface area contributed by atoms with Gasteiger partial charge < -0.3 is 0 Å². The summed E-state index contributed by atoms with van der Waals surface area (Å²) >= 11 is 2.26. The Morgan fingerprint density at radius 3 is 2.08 bits per heavy atom. The molecule has 0 N–H and O–H groups in total. The minimum atomic E-state index is -0.572. The first-order valence-electron chi connectivity index (χ1n) is 5.00. The van der Waals surface area contributed by atoms with Gasteiger partial charge in [0.2, 0.25) is 0 Å². The molecule has 0 rings (SSSR count). The Bertz CT molecular complexity index is 83.8. The average molecular weight is 286 g/mol. The molecule has 0 saturated carbocycles. The zero-order valence-corrected chi connectivity index (χ0v) is 10.3. The van der Waals surface area contributed by atoms with E-state index < -0.39 is 6.17 Å². The molecule has 0 aromatic rings. The van der Waals surface area contributed by atoms with E-state index in [2.05, 4.69) is 36.4 Å².